The van der Waals surface area contributed by atoms with E-state index in [1.54, 1.807) is 6.33 Å². The van der Waals surface area contributed by atoms with Gasteiger partial charge in [0.25, 0.3) is 0 Å². The standard InChI is InChI=1S/C31H30N4/c1-23-9-8-14-27(19-23)35-21-28(26-12-6-3-7-13-26)29-30(32-22-33-31(29)35)34-17-15-25(16-18-34)20-24-10-4-2-5-11-24/h2-14,19,21-22,25H,15-18,20H2,1H3. The zero-order chi connectivity index (χ0) is 23.6. The van der Waals surface area contributed by atoms with Crippen LogP contribution in [-0.4, -0.2) is 27.6 Å². The first-order valence-electron chi connectivity index (χ1n) is 12.5. The highest BCUT2D eigenvalue weighted by molar-refractivity contribution is 6.02. The molecule has 0 amide bonds. The number of nitrogens with zero attached hydrogens (tertiary/aromatic N) is 4. The first kappa shape index (κ1) is 21.6. The van der Waals surface area contributed by atoms with Crippen LogP contribution in [0.3, 0.4) is 0 Å². The Morgan fingerprint density at radius 3 is 2.31 bits per heavy atom. The Morgan fingerprint density at radius 2 is 1.57 bits per heavy atom. The van der Waals surface area contributed by atoms with E-state index in [1.807, 2.05) is 0 Å². The SMILES string of the molecule is Cc1cccc(-n2cc(-c3ccccc3)c3c(N4CCC(Cc5ccccc5)CC4)ncnc32)c1. The normalized spacial score (nSPS) is 14.5. The predicted molar refractivity (Wildman–Crippen MR) is 144 cm³/mol. The lowest BCUT2D eigenvalue weighted by Crippen LogP contribution is -2.35. The van der Waals surface area contributed by atoms with Crippen LogP contribution in [-0.2, 0) is 6.42 Å². The average Bonchev–Trinajstić information content (AvgIpc) is 3.30. The topological polar surface area (TPSA) is 34.0 Å². The summed E-state index contributed by atoms with van der Waals surface area (Å²) in [5.74, 6) is 1.77. The van der Waals surface area contributed by atoms with E-state index in [0.29, 0.717) is 0 Å². The summed E-state index contributed by atoms with van der Waals surface area (Å²) >= 11 is 0. The van der Waals surface area contributed by atoms with Crippen molar-refractivity contribution in [2.75, 3.05) is 18.0 Å². The maximum absolute atomic E-state index is 4.85. The molecule has 4 heteroatoms. The summed E-state index contributed by atoms with van der Waals surface area (Å²) in [6.45, 7) is 4.17. The van der Waals surface area contributed by atoms with Gasteiger partial charge in [-0.25, -0.2) is 9.97 Å². The lowest BCUT2D eigenvalue weighted by molar-refractivity contribution is 0.402. The molecule has 1 saturated heterocycles. The molecule has 5 aromatic rings. The van der Waals surface area contributed by atoms with E-state index < -0.39 is 0 Å². The number of hydrogen-bond donors (Lipinski definition) is 0. The second-order valence-electron chi connectivity index (χ2n) is 9.63. The quantitative estimate of drug-likeness (QED) is 0.289. The fourth-order valence-corrected chi connectivity index (χ4v) is 5.39. The molecule has 0 unspecified atom stereocenters. The zero-order valence-corrected chi connectivity index (χ0v) is 20.1. The molecule has 0 spiro atoms. The van der Waals surface area contributed by atoms with Gasteiger partial charge in [-0.1, -0.05) is 72.8 Å². The van der Waals surface area contributed by atoms with E-state index in [0.717, 1.165) is 48.0 Å². The summed E-state index contributed by atoms with van der Waals surface area (Å²) in [6, 6.07) is 30.1. The summed E-state index contributed by atoms with van der Waals surface area (Å²) in [5.41, 5.74) is 7.15. The fourth-order valence-electron chi connectivity index (χ4n) is 5.39. The summed E-state index contributed by atoms with van der Waals surface area (Å²) in [4.78, 5) is 12.1. The van der Waals surface area contributed by atoms with E-state index in [-0.39, 0.29) is 0 Å². The van der Waals surface area contributed by atoms with Gasteiger partial charge < -0.3 is 9.47 Å². The number of aryl methyl sites for hydroxylation is 1. The van der Waals surface area contributed by atoms with Crippen LogP contribution in [0, 0.1) is 12.8 Å². The molecular formula is C31H30N4. The molecule has 0 radical (unpaired) electrons. The van der Waals surface area contributed by atoms with Crippen LogP contribution in [0.1, 0.15) is 24.0 Å². The van der Waals surface area contributed by atoms with E-state index in [2.05, 4.69) is 108 Å². The third-order valence-corrected chi connectivity index (χ3v) is 7.21. The highest BCUT2D eigenvalue weighted by atomic mass is 15.2. The molecule has 1 fully saturated rings. The van der Waals surface area contributed by atoms with E-state index in [4.69, 9.17) is 9.97 Å². The average molecular weight is 459 g/mol. The van der Waals surface area contributed by atoms with Crippen molar-refractivity contribution in [2.24, 2.45) is 5.92 Å². The number of benzene rings is 3. The van der Waals surface area contributed by atoms with Crippen LogP contribution in [0.15, 0.2) is 97.5 Å². The highest BCUT2D eigenvalue weighted by Crippen LogP contribution is 2.38. The van der Waals surface area contributed by atoms with Gasteiger partial charge in [0.2, 0.25) is 0 Å². The molecule has 174 valence electrons. The van der Waals surface area contributed by atoms with E-state index in [1.165, 1.54) is 35.1 Å². The highest BCUT2D eigenvalue weighted by Gasteiger charge is 2.25. The Balaban J connectivity index is 1.38. The number of anilines is 1. The van der Waals surface area contributed by atoms with Crippen molar-refractivity contribution in [1.82, 2.24) is 14.5 Å². The van der Waals surface area contributed by atoms with Crippen molar-refractivity contribution >= 4 is 16.9 Å². The Morgan fingerprint density at radius 1 is 0.829 bits per heavy atom. The molecule has 3 heterocycles. The number of fused-ring (bicyclic) bond motifs is 1. The van der Waals surface area contributed by atoms with Crippen LogP contribution in [0.25, 0.3) is 27.8 Å². The smallest absolute Gasteiger partial charge is 0.150 e. The lowest BCUT2D eigenvalue weighted by atomic mass is 9.90. The molecule has 2 aromatic heterocycles. The Labute approximate surface area is 206 Å². The number of rotatable bonds is 5. The van der Waals surface area contributed by atoms with Crippen LogP contribution in [0.5, 0.6) is 0 Å². The molecule has 0 aliphatic carbocycles. The van der Waals surface area contributed by atoms with Crippen molar-refractivity contribution in [3.05, 3.63) is 109 Å². The molecule has 0 atom stereocenters. The maximum atomic E-state index is 4.85. The molecular weight excluding hydrogens is 428 g/mol. The molecule has 1 aliphatic rings. The summed E-state index contributed by atoms with van der Waals surface area (Å²) in [7, 11) is 0. The zero-order valence-electron chi connectivity index (χ0n) is 20.1. The van der Waals surface area contributed by atoms with Gasteiger partial charge in [0.1, 0.15) is 12.1 Å². The van der Waals surface area contributed by atoms with E-state index >= 15 is 0 Å². The van der Waals surface area contributed by atoms with Gasteiger partial charge in [0, 0.05) is 30.5 Å². The van der Waals surface area contributed by atoms with Gasteiger partial charge in [0.05, 0.1) is 5.39 Å². The summed E-state index contributed by atoms with van der Waals surface area (Å²) < 4.78 is 2.22. The van der Waals surface area contributed by atoms with Crippen molar-refractivity contribution in [2.45, 2.75) is 26.2 Å². The van der Waals surface area contributed by atoms with Crippen LogP contribution < -0.4 is 4.90 Å². The van der Waals surface area contributed by atoms with Gasteiger partial charge in [0.15, 0.2) is 5.65 Å². The largest absolute Gasteiger partial charge is 0.356 e. The Bertz CT molecular complexity index is 1430. The predicted octanol–water partition coefficient (Wildman–Crippen LogP) is 6.86. The molecule has 4 nitrogen and oxygen atoms in total. The third-order valence-electron chi connectivity index (χ3n) is 7.21. The lowest BCUT2D eigenvalue weighted by Gasteiger charge is -2.33. The maximum Gasteiger partial charge on any atom is 0.150 e. The van der Waals surface area contributed by atoms with Gasteiger partial charge in [-0.3, -0.25) is 0 Å². The number of aromatic nitrogens is 3. The number of piperidine rings is 1. The van der Waals surface area contributed by atoms with Gasteiger partial charge in [-0.2, -0.15) is 0 Å². The molecule has 0 saturated carbocycles. The minimum absolute atomic E-state index is 0.719. The Hall–Kier alpha value is -3.92. The summed E-state index contributed by atoms with van der Waals surface area (Å²) in [6.07, 6.45) is 7.48. The summed E-state index contributed by atoms with van der Waals surface area (Å²) in [5, 5.41) is 1.14. The van der Waals surface area contributed by atoms with Crippen molar-refractivity contribution in [1.29, 1.82) is 0 Å². The molecule has 35 heavy (non-hydrogen) atoms. The number of hydrogen-bond acceptors (Lipinski definition) is 3. The van der Waals surface area contributed by atoms with Crippen LogP contribution in [0.4, 0.5) is 5.82 Å². The van der Waals surface area contributed by atoms with Crippen molar-refractivity contribution in [3.8, 4) is 16.8 Å². The molecule has 1 aliphatic heterocycles. The molecule has 0 bridgehead atoms. The first-order chi connectivity index (χ1) is 17.3. The van der Waals surface area contributed by atoms with Gasteiger partial charge in [-0.05, 0) is 60.9 Å². The fraction of sp³-hybridized carbons (Fsp3) is 0.226. The van der Waals surface area contributed by atoms with E-state index in [9.17, 15) is 0 Å². The van der Waals surface area contributed by atoms with Crippen LogP contribution >= 0.6 is 0 Å². The monoisotopic (exact) mass is 458 g/mol. The second-order valence-corrected chi connectivity index (χ2v) is 9.63. The van der Waals surface area contributed by atoms with Crippen LogP contribution in [0.2, 0.25) is 0 Å². The van der Waals surface area contributed by atoms with Crippen molar-refractivity contribution < 1.29 is 0 Å². The van der Waals surface area contributed by atoms with Gasteiger partial charge >= 0.3 is 0 Å². The molecule has 6 rings (SSSR count). The second kappa shape index (κ2) is 9.38. The van der Waals surface area contributed by atoms with Crippen molar-refractivity contribution in [3.63, 3.8) is 0 Å². The minimum atomic E-state index is 0.719. The van der Waals surface area contributed by atoms with Gasteiger partial charge in [-0.15, -0.1) is 0 Å². The minimum Gasteiger partial charge on any atom is -0.356 e. The molecule has 3 aromatic carbocycles. The third kappa shape index (κ3) is 4.32. The Kier molecular flexibility index (Phi) is 5.79. The first-order valence-corrected chi connectivity index (χ1v) is 12.5. The molecule has 0 N–H and O–H groups in total.